The van der Waals surface area contributed by atoms with Crippen LogP contribution in [0.25, 0.3) is 0 Å². The van der Waals surface area contributed by atoms with Gasteiger partial charge in [0.2, 0.25) is 0 Å². The van der Waals surface area contributed by atoms with Gasteiger partial charge in [0.25, 0.3) is 0 Å². The predicted octanol–water partition coefficient (Wildman–Crippen LogP) is 3.66. The lowest BCUT2D eigenvalue weighted by molar-refractivity contribution is -0.155. The Kier molecular flexibility index (Phi) is 5.73. The maximum atomic E-state index is 11.9. The van der Waals surface area contributed by atoms with Crippen LogP contribution in [0.1, 0.15) is 36.6 Å². The van der Waals surface area contributed by atoms with Gasteiger partial charge in [-0.15, -0.1) is 0 Å². The summed E-state index contributed by atoms with van der Waals surface area (Å²) in [6, 6.07) is 16.8. The van der Waals surface area contributed by atoms with Crippen LogP contribution < -0.4 is 0 Å². The number of aliphatic hydroxyl groups is 1. The number of carbonyl (C=O) groups is 1. The van der Waals surface area contributed by atoms with Gasteiger partial charge in [-0.3, -0.25) is 0 Å². The van der Waals surface area contributed by atoms with Crippen LogP contribution in [0.5, 0.6) is 0 Å². The Morgan fingerprint density at radius 1 is 1.00 bits per heavy atom. The molecule has 0 aromatic heterocycles. The molecule has 2 aromatic rings. The van der Waals surface area contributed by atoms with Crippen molar-refractivity contribution in [3.8, 4) is 0 Å². The minimum absolute atomic E-state index is 0.171. The molecule has 0 fully saturated rings. The number of hydrogen-bond acceptors (Lipinski definition) is 3. The van der Waals surface area contributed by atoms with Gasteiger partial charge < -0.3 is 9.84 Å². The van der Waals surface area contributed by atoms with Crippen LogP contribution in [0, 0.1) is 5.92 Å². The van der Waals surface area contributed by atoms with Gasteiger partial charge in [0, 0.05) is 0 Å². The van der Waals surface area contributed by atoms with Crippen molar-refractivity contribution in [1.29, 1.82) is 0 Å². The van der Waals surface area contributed by atoms with Crippen molar-refractivity contribution >= 4 is 5.97 Å². The number of ether oxygens (including phenoxy) is 1. The quantitative estimate of drug-likeness (QED) is 0.828. The molecule has 0 aliphatic rings. The lowest BCUT2D eigenvalue weighted by atomic mass is 10.0. The second-order valence-corrected chi connectivity index (χ2v) is 5.84. The molecule has 2 aromatic carbocycles. The van der Waals surface area contributed by atoms with E-state index in [1.54, 1.807) is 24.3 Å². The fourth-order valence-corrected chi connectivity index (χ4v) is 2.25. The molecule has 0 amide bonds. The summed E-state index contributed by atoms with van der Waals surface area (Å²) in [4.78, 5) is 11.9. The standard InChI is InChI=1S/C19H22O3/c1-14(2)12-15-8-10-16(11-9-15)13-22-19(21)18(20)17-6-4-3-5-7-17/h3-11,14,18,20H,12-13H2,1-2H3/t18-/m0/s1. The second-order valence-electron chi connectivity index (χ2n) is 5.84. The number of esters is 1. The van der Waals surface area contributed by atoms with Gasteiger partial charge in [-0.25, -0.2) is 4.79 Å². The molecule has 0 radical (unpaired) electrons. The average Bonchev–Trinajstić information content (AvgIpc) is 2.53. The van der Waals surface area contributed by atoms with E-state index in [1.165, 1.54) is 5.56 Å². The van der Waals surface area contributed by atoms with Crippen molar-refractivity contribution in [3.05, 3.63) is 71.3 Å². The Labute approximate surface area is 131 Å². The third kappa shape index (κ3) is 4.71. The molecule has 1 atom stereocenters. The normalized spacial score (nSPS) is 12.2. The maximum Gasteiger partial charge on any atom is 0.339 e. The van der Waals surface area contributed by atoms with Crippen LogP contribution in [-0.4, -0.2) is 11.1 Å². The van der Waals surface area contributed by atoms with Crippen LogP contribution in [0.15, 0.2) is 54.6 Å². The van der Waals surface area contributed by atoms with Crippen molar-refractivity contribution in [3.63, 3.8) is 0 Å². The third-order valence-corrected chi connectivity index (χ3v) is 3.39. The summed E-state index contributed by atoms with van der Waals surface area (Å²) < 4.78 is 5.18. The highest BCUT2D eigenvalue weighted by molar-refractivity contribution is 5.76. The Morgan fingerprint density at radius 2 is 1.59 bits per heavy atom. The van der Waals surface area contributed by atoms with E-state index >= 15 is 0 Å². The zero-order valence-corrected chi connectivity index (χ0v) is 13.0. The summed E-state index contributed by atoms with van der Waals surface area (Å²) in [5, 5.41) is 9.94. The molecule has 0 saturated heterocycles. The predicted molar refractivity (Wildman–Crippen MR) is 86.2 cm³/mol. The van der Waals surface area contributed by atoms with Gasteiger partial charge in [0.1, 0.15) is 6.61 Å². The first-order chi connectivity index (χ1) is 10.6. The molecule has 0 aliphatic carbocycles. The van der Waals surface area contributed by atoms with Crippen LogP contribution in [-0.2, 0) is 22.6 Å². The molecule has 0 bridgehead atoms. The number of rotatable bonds is 6. The molecule has 3 heteroatoms. The molecule has 116 valence electrons. The van der Waals surface area contributed by atoms with E-state index in [0.29, 0.717) is 11.5 Å². The molecule has 22 heavy (non-hydrogen) atoms. The molecular weight excluding hydrogens is 276 g/mol. The fourth-order valence-electron chi connectivity index (χ4n) is 2.25. The monoisotopic (exact) mass is 298 g/mol. The van der Waals surface area contributed by atoms with Crippen LogP contribution in [0.2, 0.25) is 0 Å². The summed E-state index contributed by atoms with van der Waals surface area (Å²) >= 11 is 0. The fraction of sp³-hybridized carbons (Fsp3) is 0.316. The summed E-state index contributed by atoms with van der Waals surface area (Å²) in [5.41, 5.74) is 2.73. The molecule has 0 aliphatic heterocycles. The summed E-state index contributed by atoms with van der Waals surface area (Å²) in [5.74, 6) is -0.0119. The first-order valence-electron chi connectivity index (χ1n) is 7.53. The number of benzene rings is 2. The molecule has 1 N–H and O–H groups in total. The largest absolute Gasteiger partial charge is 0.459 e. The third-order valence-electron chi connectivity index (χ3n) is 3.39. The summed E-state index contributed by atoms with van der Waals surface area (Å²) in [6.07, 6.45) is -0.200. The summed E-state index contributed by atoms with van der Waals surface area (Å²) in [7, 11) is 0. The molecule has 0 spiro atoms. The van der Waals surface area contributed by atoms with Crippen molar-refractivity contribution in [2.24, 2.45) is 5.92 Å². The van der Waals surface area contributed by atoms with Crippen molar-refractivity contribution < 1.29 is 14.6 Å². The van der Waals surface area contributed by atoms with Crippen LogP contribution >= 0.6 is 0 Å². The number of hydrogen-bond donors (Lipinski definition) is 1. The van der Waals surface area contributed by atoms with Gasteiger partial charge >= 0.3 is 5.97 Å². The minimum Gasteiger partial charge on any atom is -0.459 e. The molecule has 0 heterocycles. The Hall–Kier alpha value is -2.13. The van der Waals surface area contributed by atoms with Gasteiger partial charge in [0.05, 0.1) is 0 Å². The lowest BCUT2D eigenvalue weighted by Gasteiger charge is -2.11. The van der Waals surface area contributed by atoms with Gasteiger partial charge in [0.15, 0.2) is 6.10 Å². The molecule has 0 saturated carbocycles. The van der Waals surface area contributed by atoms with E-state index in [1.807, 2.05) is 18.2 Å². The topological polar surface area (TPSA) is 46.5 Å². The highest BCUT2D eigenvalue weighted by atomic mass is 16.5. The Bertz CT molecular complexity index is 588. The molecular formula is C19H22O3. The highest BCUT2D eigenvalue weighted by Gasteiger charge is 2.18. The smallest absolute Gasteiger partial charge is 0.339 e. The zero-order valence-electron chi connectivity index (χ0n) is 13.0. The van der Waals surface area contributed by atoms with Crippen molar-refractivity contribution in [2.45, 2.75) is 33.0 Å². The van der Waals surface area contributed by atoms with Gasteiger partial charge in [-0.2, -0.15) is 0 Å². The molecule has 0 unspecified atom stereocenters. The van der Waals surface area contributed by atoms with E-state index in [-0.39, 0.29) is 6.61 Å². The van der Waals surface area contributed by atoms with Crippen LogP contribution in [0.4, 0.5) is 0 Å². The average molecular weight is 298 g/mol. The number of aliphatic hydroxyl groups excluding tert-OH is 1. The maximum absolute atomic E-state index is 11.9. The zero-order chi connectivity index (χ0) is 15.9. The highest BCUT2D eigenvalue weighted by Crippen LogP contribution is 2.15. The van der Waals surface area contributed by atoms with E-state index in [9.17, 15) is 9.90 Å². The second kappa shape index (κ2) is 7.76. The minimum atomic E-state index is -1.23. The van der Waals surface area contributed by atoms with E-state index in [0.717, 1.165) is 12.0 Å². The molecule has 3 nitrogen and oxygen atoms in total. The Balaban J connectivity index is 1.88. The van der Waals surface area contributed by atoms with Gasteiger partial charge in [-0.1, -0.05) is 68.4 Å². The lowest BCUT2D eigenvalue weighted by Crippen LogP contribution is -2.15. The first-order valence-corrected chi connectivity index (χ1v) is 7.53. The first kappa shape index (κ1) is 16.2. The number of carbonyl (C=O) groups excluding carboxylic acids is 1. The van der Waals surface area contributed by atoms with E-state index < -0.39 is 12.1 Å². The molecule has 2 rings (SSSR count). The van der Waals surface area contributed by atoms with Crippen LogP contribution in [0.3, 0.4) is 0 Å². The van der Waals surface area contributed by atoms with Gasteiger partial charge in [-0.05, 0) is 29.0 Å². The summed E-state index contributed by atoms with van der Waals surface area (Å²) in [6.45, 7) is 4.53. The Morgan fingerprint density at radius 3 is 2.18 bits per heavy atom. The van der Waals surface area contributed by atoms with E-state index in [4.69, 9.17) is 4.74 Å². The van der Waals surface area contributed by atoms with Crippen molar-refractivity contribution in [1.82, 2.24) is 0 Å². The van der Waals surface area contributed by atoms with E-state index in [2.05, 4.69) is 26.0 Å². The SMILES string of the molecule is CC(C)Cc1ccc(COC(=O)[C@@H](O)c2ccccc2)cc1. The van der Waals surface area contributed by atoms with Crippen molar-refractivity contribution in [2.75, 3.05) is 0 Å².